The number of nitrogens with zero attached hydrogens (tertiary/aromatic N) is 6. The van der Waals surface area contributed by atoms with Crippen LogP contribution in [0.15, 0.2) is 24.5 Å². The maximum atomic E-state index is 5.99. The second-order valence-corrected chi connectivity index (χ2v) is 7.26. The number of rotatable bonds is 6. The minimum absolute atomic E-state index is 0.330. The van der Waals surface area contributed by atoms with Crippen LogP contribution in [-0.2, 0) is 6.54 Å². The second-order valence-electron chi connectivity index (χ2n) is 7.26. The molecule has 3 heterocycles. The molecule has 2 aliphatic rings. The van der Waals surface area contributed by atoms with Crippen LogP contribution in [0.4, 0.5) is 11.8 Å². The highest BCUT2D eigenvalue weighted by atomic mass is 15.3. The molecule has 1 aliphatic carbocycles. The Kier molecular flexibility index (Phi) is 4.57. The molecule has 0 radical (unpaired) electrons. The Labute approximate surface area is 148 Å². The number of likely N-dealkylation sites (N-methyl/N-ethyl adjacent to an activating group) is 1. The average Bonchev–Trinajstić information content (AvgIpc) is 3.29. The first-order chi connectivity index (χ1) is 12.2. The van der Waals surface area contributed by atoms with Gasteiger partial charge in [-0.1, -0.05) is 0 Å². The predicted molar refractivity (Wildman–Crippen MR) is 98.9 cm³/mol. The van der Waals surface area contributed by atoms with E-state index in [4.69, 9.17) is 15.7 Å². The third-order valence-electron chi connectivity index (χ3n) is 5.32. The molecule has 1 aliphatic heterocycles. The van der Waals surface area contributed by atoms with Crippen molar-refractivity contribution in [1.82, 2.24) is 19.7 Å². The topological polar surface area (TPSA) is 76.1 Å². The van der Waals surface area contributed by atoms with Crippen molar-refractivity contribution in [2.24, 2.45) is 5.73 Å². The second kappa shape index (κ2) is 7.00. The Bertz CT molecular complexity index is 687. The van der Waals surface area contributed by atoms with E-state index in [9.17, 15) is 0 Å². The Morgan fingerprint density at radius 2 is 2.04 bits per heavy atom. The maximum absolute atomic E-state index is 5.99. The zero-order valence-electron chi connectivity index (χ0n) is 14.9. The fraction of sp³-hybridized carbons (Fsp3) is 0.611. The fourth-order valence-electron chi connectivity index (χ4n) is 3.61. The molecule has 134 valence electrons. The van der Waals surface area contributed by atoms with Gasteiger partial charge in [0.2, 0.25) is 5.95 Å². The first-order valence-corrected chi connectivity index (χ1v) is 9.27. The van der Waals surface area contributed by atoms with Crippen LogP contribution in [0.25, 0.3) is 0 Å². The lowest BCUT2D eigenvalue weighted by Crippen LogP contribution is -2.36. The molecule has 2 fully saturated rings. The van der Waals surface area contributed by atoms with Gasteiger partial charge in [-0.3, -0.25) is 4.68 Å². The van der Waals surface area contributed by atoms with Crippen LogP contribution in [0.1, 0.15) is 37.3 Å². The smallest absolute Gasteiger partial charge is 0.227 e. The van der Waals surface area contributed by atoms with Gasteiger partial charge in [0.05, 0.1) is 12.2 Å². The van der Waals surface area contributed by atoms with Crippen LogP contribution in [0.5, 0.6) is 0 Å². The summed E-state index contributed by atoms with van der Waals surface area (Å²) in [6, 6.07) is 4.43. The maximum Gasteiger partial charge on any atom is 0.227 e. The quantitative estimate of drug-likeness (QED) is 0.860. The highest BCUT2D eigenvalue weighted by Gasteiger charge is 2.30. The van der Waals surface area contributed by atoms with Crippen molar-refractivity contribution in [3.63, 3.8) is 0 Å². The summed E-state index contributed by atoms with van der Waals surface area (Å²) in [6.45, 7) is 3.83. The van der Waals surface area contributed by atoms with Crippen molar-refractivity contribution in [2.45, 2.75) is 44.2 Å². The highest BCUT2D eigenvalue weighted by molar-refractivity contribution is 5.47. The summed E-state index contributed by atoms with van der Waals surface area (Å²) in [6.07, 6.45) is 8.33. The lowest BCUT2D eigenvalue weighted by molar-refractivity contribution is 0.345. The number of aromatic nitrogens is 4. The predicted octanol–water partition coefficient (Wildman–Crippen LogP) is 1.61. The van der Waals surface area contributed by atoms with Crippen molar-refractivity contribution in [1.29, 1.82) is 0 Å². The molecule has 0 aromatic carbocycles. The lowest BCUT2D eigenvalue weighted by atomic mass is 9.78. The minimum atomic E-state index is 0.330. The zero-order chi connectivity index (χ0) is 17.2. The van der Waals surface area contributed by atoms with Crippen LogP contribution < -0.4 is 15.5 Å². The van der Waals surface area contributed by atoms with E-state index in [0.29, 0.717) is 12.0 Å². The van der Waals surface area contributed by atoms with E-state index in [0.717, 1.165) is 56.5 Å². The van der Waals surface area contributed by atoms with Crippen molar-refractivity contribution in [2.75, 3.05) is 36.5 Å². The lowest BCUT2D eigenvalue weighted by Gasteiger charge is -2.33. The van der Waals surface area contributed by atoms with Gasteiger partial charge in [-0.05, 0) is 31.7 Å². The summed E-state index contributed by atoms with van der Waals surface area (Å²) < 4.78 is 1.95. The Balaban J connectivity index is 1.54. The molecule has 1 saturated carbocycles. The monoisotopic (exact) mass is 341 g/mol. The van der Waals surface area contributed by atoms with Gasteiger partial charge >= 0.3 is 0 Å². The fourth-order valence-corrected chi connectivity index (χ4v) is 3.61. The SMILES string of the molecule is CN(CCn1cccn1)c1cc(C2CC(N)C2)nc(N2CCCC2)n1. The standard InChI is InChI=1S/C18H27N7/c1-23(9-10-25-8-4-5-20-25)17-13-16(14-11-15(19)12-14)21-18(22-17)24-6-2-3-7-24/h4-5,8,13-15H,2-3,6-7,9-12,19H2,1H3. The molecule has 2 aromatic heterocycles. The number of hydrogen-bond acceptors (Lipinski definition) is 6. The van der Waals surface area contributed by atoms with Crippen LogP contribution >= 0.6 is 0 Å². The summed E-state index contributed by atoms with van der Waals surface area (Å²) in [5.41, 5.74) is 7.14. The summed E-state index contributed by atoms with van der Waals surface area (Å²) in [5, 5.41) is 4.27. The number of nitrogens with two attached hydrogens (primary N) is 1. The van der Waals surface area contributed by atoms with E-state index < -0.39 is 0 Å². The van der Waals surface area contributed by atoms with E-state index in [1.54, 1.807) is 0 Å². The van der Waals surface area contributed by atoms with Crippen molar-refractivity contribution in [3.8, 4) is 0 Å². The third-order valence-corrected chi connectivity index (χ3v) is 5.32. The normalized spacial score (nSPS) is 22.9. The minimum Gasteiger partial charge on any atom is -0.358 e. The first-order valence-electron chi connectivity index (χ1n) is 9.27. The molecule has 4 rings (SSSR count). The van der Waals surface area contributed by atoms with Gasteiger partial charge in [0.1, 0.15) is 5.82 Å². The van der Waals surface area contributed by atoms with Crippen LogP contribution in [0.2, 0.25) is 0 Å². The van der Waals surface area contributed by atoms with Gasteiger partial charge in [-0.2, -0.15) is 10.1 Å². The van der Waals surface area contributed by atoms with E-state index >= 15 is 0 Å². The number of anilines is 2. The third kappa shape index (κ3) is 3.61. The van der Waals surface area contributed by atoms with Gasteiger partial charge < -0.3 is 15.5 Å². The average molecular weight is 341 g/mol. The van der Waals surface area contributed by atoms with E-state index in [2.05, 4.69) is 28.0 Å². The molecule has 2 N–H and O–H groups in total. The van der Waals surface area contributed by atoms with Crippen molar-refractivity contribution < 1.29 is 0 Å². The number of hydrogen-bond donors (Lipinski definition) is 1. The van der Waals surface area contributed by atoms with E-state index in [1.165, 1.54) is 12.8 Å². The molecule has 0 spiro atoms. The van der Waals surface area contributed by atoms with Crippen LogP contribution in [-0.4, -0.2) is 52.5 Å². The van der Waals surface area contributed by atoms with Crippen LogP contribution in [0, 0.1) is 0 Å². The van der Waals surface area contributed by atoms with Gasteiger partial charge in [-0.25, -0.2) is 4.98 Å². The first kappa shape index (κ1) is 16.3. The summed E-state index contributed by atoms with van der Waals surface area (Å²) in [5.74, 6) is 2.37. The molecule has 1 saturated heterocycles. The Hall–Kier alpha value is -2.15. The molecule has 25 heavy (non-hydrogen) atoms. The largest absolute Gasteiger partial charge is 0.358 e. The molecule has 2 aromatic rings. The molecule has 7 nitrogen and oxygen atoms in total. The van der Waals surface area contributed by atoms with E-state index in [1.807, 2.05) is 23.1 Å². The summed E-state index contributed by atoms with van der Waals surface area (Å²) >= 11 is 0. The van der Waals surface area contributed by atoms with Crippen molar-refractivity contribution in [3.05, 3.63) is 30.2 Å². The molecular weight excluding hydrogens is 314 g/mol. The van der Waals surface area contributed by atoms with Gasteiger partial charge in [0, 0.05) is 57.1 Å². The van der Waals surface area contributed by atoms with Gasteiger partial charge in [0.15, 0.2) is 0 Å². The van der Waals surface area contributed by atoms with Gasteiger partial charge in [0.25, 0.3) is 0 Å². The molecule has 0 atom stereocenters. The van der Waals surface area contributed by atoms with Gasteiger partial charge in [-0.15, -0.1) is 0 Å². The van der Waals surface area contributed by atoms with Crippen LogP contribution in [0.3, 0.4) is 0 Å². The Morgan fingerprint density at radius 3 is 2.72 bits per heavy atom. The highest BCUT2D eigenvalue weighted by Crippen LogP contribution is 2.36. The Morgan fingerprint density at radius 1 is 1.24 bits per heavy atom. The zero-order valence-corrected chi connectivity index (χ0v) is 14.9. The van der Waals surface area contributed by atoms with Crippen molar-refractivity contribution >= 4 is 11.8 Å². The molecule has 0 amide bonds. The molecule has 0 bridgehead atoms. The summed E-state index contributed by atoms with van der Waals surface area (Å²) in [7, 11) is 2.09. The molecule has 7 heteroatoms. The molecular formula is C18H27N7. The summed E-state index contributed by atoms with van der Waals surface area (Å²) in [4.78, 5) is 14.2. The van der Waals surface area contributed by atoms with E-state index in [-0.39, 0.29) is 0 Å². The molecule has 0 unspecified atom stereocenters.